The van der Waals surface area contributed by atoms with Gasteiger partial charge in [0.05, 0.1) is 5.54 Å². The molecule has 96 valence electrons. The number of rotatable bonds is 1. The number of ether oxygens (including phenoxy) is 1. The van der Waals surface area contributed by atoms with Crippen LogP contribution in [0.15, 0.2) is 0 Å². The minimum absolute atomic E-state index is 0. The molecule has 0 aromatic carbocycles. The Morgan fingerprint density at radius 3 is 2.38 bits per heavy atom. The number of carbonyl (C=O) groups excluding carboxylic acids is 1. The summed E-state index contributed by atoms with van der Waals surface area (Å²) in [6.07, 6.45) is 0.733. The molecule has 16 heavy (non-hydrogen) atoms. The molecule has 1 amide bonds. The second-order valence-electron chi connectivity index (χ2n) is 5.46. The van der Waals surface area contributed by atoms with Crippen LogP contribution >= 0.6 is 12.4 Å². The highest BCUT2D eigenvalue weighted by molar-refractivity contribution is 5.85. The average Bonchev–Trinajstić information content (AvgIpc) is 2.49. The topological polar surface area (TPSA) is 41.6 Å². The van der Waals surface area contributed by atoms with Crippen LogP contribution in [0.4, 0.5) is 4.79 Å². The highest BCUT2D eigenvalue weighted by Gasteiger charge is 2.37. The number of halogens is 1. The lowest BCUT2D eigenvalue weighted by Gasteiger charge is -2.35. The van der Waals surface area contributed by atoms with Gasteiger partial charge in [-0.05, 0) is 40.7 Å². The fourth-order valence-corrected chi connectivity index (χ4v) is 1.64. The van der Waals surface area contributed by atoms with Crippen LogP contribution in [0, 0.1) is 0 Å². The van der Waals surface area contributed by atoms with Crippen molar-refractivity contribution in [3.8, 4) is 0 Å². The molecule has 1 unspecified atom stereocenters. The summed E-state index contributed by atoms with van der Waals surface area (Å²) in [4.78, 5) is 13.5. The van der Waals surface area contributed by atoms with Gasteiger partial charge in [-0.15, -0.1) is 12.4 Å². The van der Waals surface area contributed by atoms with Crippen LogP contribution < -0.4 is 5.32 Å². The molecule has 0 spiro atoms. The molecule has 0 aromatic heterocycles. The van der Waals surface area contributed by atoms with Crippen molar-refractivity contribution >= 4 is 18.5 Å². The maximum absolute atomic E-state index is 11.8. The first-order valence-corrected chi connectivity index (χ1v) is 5.42. The van der Waals surface area contributed by atoms with Crippen LogP contribution in [-0.2, 0) is 4.74 Å². The lowest BCUT2D eigenvalue weighted by Crippen LogP contribution is -2.50. The van der Waals surface area contributed by atoms with E-state index in [2.05, 4.69) is 12.2 Å². The zero-order valence-corrected chi connectivity index (χ0v) is 11.6. The van der Waals surface area contributed by atoms with Gasteiger partial charge in [0.15, 0.2) is 0 Å². The van der Waals surface area contributed by atoms with Crippen molar-refractivity contribution in [2.24, 2.45) is 0 Å². The minimum atomic E-state index is -0.423. The molecule has 0 bridgehead atoms. The Morgan fingerprint density at radius 2 is 2.00 bits per heavy atom. The summed E-state index contributed by atoms with van der Waals surface area (Å²) in [6.45, 7) is 9.53. The fraction of sp³-hybridized carbons (Fsp3) is 0.909. The lowest BCUT2D eigenvalue weighted by atomic mass is 10.0. The van der Waals surface area contributed by atoms with Crippen LogP contribution in [0.25, 0.3) is 0 Å². The van der Waals surface area contributed by atoms with E-state index in [1.165, 1.54) is 0 Å². The first kappa shape index (κ1) is 15.5. The number of likely N-dealkylation sites (N-methyl/N-ethyl adjacent to an activating group) is 1. The summed E-state index contributed by atoms with van der Waals surface area (Å²) in [5.41, 5.74) is -0.532. The fourth-order valence-electron chi connectivity index (χ4n) is 1.64. The van der Waals surface area contributed by atoms with Crippen LogP contribution in [0.2, 0.25) is 0 Å². The standard InChI is InChI=1S/C11H22N2O2.ClH/c1-10(2,3)15-9(14)13(5)11(4)6-7-12-8-11;/h12H,6-8H2,1-5H3;1H. The van der Waals surface area contributed by atoms with E-state index in [1.807, 2.05) is 20.8 Å². The van der Waals surface area contributed by atoms with E-state index in [0.717, 1.165) is 19.5 Å². The third-order valence-electron chi connectivity index (χ3n) is 2.82. The van der Waals surface area contributed by atoms with Gasteiger partial charge >= 0.3 is 6.09 Å². The number of hydrogen-bond acceptors (Lipinski definition) is 3. The maximum Gasteiger partial charge on any atom is 0.410 e. The first-order valence-electron chi connectivity index (χ1n) is 5.42. The van der Waals surface area contributed by atoms with Gasteiger partial charge in [-0.1, -0.05) is 0 Å². The van der Waals surface area contributed by atoms with E-state index < -0.39 is 5.60 Å². The largest absolute Gasteiger partial charge is 0.444 e. The highest BCUT2D eigenvalue weighted by Crippen LogP contribution is 2.23. The Balaban J connectivity index is 0.00000225. The molecule has 0 radical (unpaired) electrons. The van der Waals surface area contributed by atoms with Gasteiger partial charge in [0.2, 0.25) is 0 Å². The summed E-state index contributed by atoms with van der Waals surface area (Å²) in [5, 5.41) is 3.26. The van der Waals surface area contributed by atoms with Crippen molar-refractivity contribution in [2.45, 2.75) is 45.3 Å². The second kappa shape index (κ2) is 5.23. The van der Waals surface area contributed by atoms with Crippen molar-refractivity contribution in [1.82, 2.24) is 10.2 Å². The summed E-state index contributed by atoms with van der Waals surface area (Å²) < 4.78 is 5.34. The van der Waals surface area contributed by atoms with Crippen molar-refractivity contribution < 1.29 is 9.53 Å². The first-order chi connectivity index (χ1) is 6.75. The maximum atomic E-state index is 11.8. The lowest BCUT2D eigenvalue weighted by molar-refractivity contribution is 0.0113. The quantitative estimate of drug-likeness (QED) is 0.774. The summed E-state index contributed by atoms with van der Waals surface area (Å²) >= 11 is 0. The van der Waals surface area contributed by atoms with Gasteiger partial charge in [0, 0.05) is 13.6 Å². The number of hydrogen-bond donors (Lipinski definition) is 1. The van der Waals surface area contributed by atoms with Crippen molar-refractivity contribution in [2.75, 3.05) is 20.1 Å². The number of nitrogens with zero attached hydrogens (tertiary/aromatic N) is 1. The van der Waals surface area contributed by atoms with E-state index in [0.29, 0.717) is 0 Å². The molecule has 0 saturated carbocycles. The Morgan fingerprint density at radius 1 is 1.44 bits per heavy atom. The van der Waals surface area contributed by atoms with E-state index in [-0.39, 0.29) is 24.0 Å². The van der Waals surface area contributed by atoms with Gasteiger partial charge < -0.3 is 15.0 Å². The summed E-state index contributed by atoms with van der Waals surface area (Å²) in [6, 6.07) is 0. The molecular weight excluding hydrogens is 228 g/mol. The van der Waals surface area contributed by atoms with Crippen LogP contribution in [-0.4, -0.2) is 42.3 Å². The molecule has 0 aromatic rings. The van der Waals surface area contributed by atoms with Crippen molar-refractivity contribution in [3.05, 3.63) is 0 Å². The highest BCUT2D eigenvalue weighted by atomic mass is 35.5. The van der Waals surface area contributed by atoms with Gasteiger partial charge in [-0.25, -0.2) is 4.79 Å². The molecule has 1 N–H and O–H groups in total. The molecule has 4 nitrogen and oxygen atoms in total. The molecule has 1 aliphatic heterocycles. The minimum Gasteiger partial charge on any atom is -0.444 e. The van der Waals surface area contributed by atoms with E-state index >= 15 is 0 Å². The Labute approximate surface area is 104 Å². The normalized spacial score (nSPS) is 24.8. The molecule has 1 saturated heterocycles. The van der Waals surface area contributed by atoms with Crippen LogP contribution in [0.3, 0.4) is 0 Å². The van der Waals surface area contributed by atoms with Gasteiger partial charge in [-0.2, -0.15) is 0 Å². The second-order valence-corrected chi connectivity index (χ2v) is 5.46. The van der Waals surface area contributed by atoms with Gasteiger partial charge in [-0.3, -0.25) is 0 Å². The third-order valence-corrected chi connectivity index (χ3v) is 2.82. The Kier molecular flexibility index (Phi) is 5.08. The zero-order chi connectivity index (χ0) is 11.7. The number of carbonyl (C=O) groups is 1. The summed E-state index contributed by atoms with van der Waals surface area (Å²) in [7, 11) is 1.81. The monoisotopic (exact) mass is 250 g/mol. The molecule has 1 rings (SSSR count). The predicted molar refractivity (Wildman–Crippen MR) is 67.1 cm³/mol. The van der Waals surface area contributed by atoms with E-state index in [1.54, 1.807) is 11.9 Å². The molecular formula is C11H23ClN2O2. The molecule has 1 atom stereocenters. The SMILES string of the molecule is CN(C(=O)OC(C)(C)C)C1(C)CCNC1.Cl. The van der Waals surface area contributed by atoms with E-state index in [4.69, 9.17) is 4.74 Å². The van der Waals surface area contributed by atoms with Crippen LogP contribution in [0.1, 0.15) is 34.1 Å². The smallest absolute Gasteiger partial charge is 0.410 e. The molecule has 1 aliphatic rings. The van der Waals surface area contributed by atoms with Crippen molar-refractivity contribution in [1.29, 1.82) is 0 Å². The third kappa shape index (κ3) is 3.83. The number of nitrogens with one attached hydrogen (secondary N) is 1. The molecule has 1 heterocycles. The van der Waals surface area contributed by atoms with Gasteiger partial charge in [0.1, 0.15) is 5.60 Å². The Hall–Kier alpha value is -0.480. The predicted octanol–water partition coefficient (Wildman–Crippen LogP) is 2.03. The van der Waals surface area contributed by atoms with E-state index in [9.17, 15) is 4.79 Å². The average molecular weight is 251 g/mol. The Bertz CT molecular complexity index is 245. The van der Waals surface area contributed by atoms with Crippen LogP contribution in [0.5, 0.6) is 0 Å². The van der Waals surface area contributed by atoms with Crippen molar-refractivity contribution in [3.63, 3.8) is 0 Å². The molecule has 1 fully saturated rings. The number of amides is 1. The molecule has 5 heteroatoms. The summed E-state index contributed by atoms with van der Waals surface area (Å²) in [5.74, 6) is 0. The molecule has 0 aliphatic carbocycles. The zero-order valence-electron chi connectivity index (χ0n) is 10.8. The van der Waals surface area contributed by atoms with Gasteiger partial charge in [0.25, 0.3) is 0 Å².